The highest BCUT2D eigenvalue weighted by Crippen LogP contribution is 2.13. The third kappa shape index (κ3) is 5.37. The van der Waals surface area contributed by atoms with Gasteiger partial charge in [0.1, 0.15) is 5.78 Å². The summed E-state index contributed by atoms with van der Waals surface area (Å²) >= 11 is 3.33. The van der Waals surface area contributed by atoms with Gasteiger partial charge in [0.05, 0.1) is 0 Å². The number of nitrogens with zero attached hydrogens (tertiary/aromatic N) is 1. The van der Waals surface area contributed by atoms with Crippen molar-refractivity contribution in [1.82, 2.24) is 4.98 Å². The highest BCUT2D eigenvalue weighted by molar-refractivity contribution is 9.10. The lowest BCUT2D eigenvalue weighted by Gasteiger charge is -2.17. The van der Waals surface area contributed by atoms with Crippen LogP contribution in [0.5, 0.6) is 0 Å². The topological polar surface area (TPSA) is 56.0 Å². The van der Waals surface area contributed by atoms with Crippen molar-refractivity contribution in [3.63, 3.8) is 0 Å². The van der Waals surface area contributed by atoms with Crippen LogP contribution in [0.25, 0.3) is 0 Å². The molecule has 1 aromatic heterocycles. The Labute approximate surface area is 105 Å². The van der Waals surface area contributed by atoms with E-state index in [1.54, 1.807) is 12.4 Å². The van der Waals surface area contributed by atoms with E-state index < -0.39 is 0 Å². The molecule has 0 saturated carbocycles. The van der Waals surface area contributed by atoms with Crippen molar-refractivity contribution in [1.29, 1.82) is 0 Å². The molecule has 0 aliphatic carbocycles. The molecule has 1 rings (SSSR count). The Morgan fingerprint density at radius 1 is 1.50 bits per heavy atom. The predicted molar refractivity (Wildman–Crippen MR) is 68.1 cm³/mol. The summed E-state index contributed by atoms with van der Waals surface area (Å²) in [4.78, 5) is 15.7. The van der Waals surface area contributed by atoms with Crippen LogP contribution in [0.3, 0.4) is 0 Å². The Bertz CT molecular complexity index is 372. The molecule has 0 aromatic carbocycles. The van der Waals surface area contributed by atoms with Crippen LogP contribution in [0.2, 0.25) is 0 Å². The highest BCUT2D eigenvalue weighted by atomic mass is 79.9. The van der Waals surface area contributed by atoms with Crippen molar-refractivity contribution in [2.75, 3.05) is 0 Å². The second-order valence-electron chi connectivity index (χ2n) is 4.72. The number of rotatable bonds is 5. The molecule has 1 heterocycles. The van der Waals surface area contributed by atoms with Gasteiger partial charge in [-0.3, -0.25) is 9.78 Å². The van der Waals surface area contributed by atoms with Crippen LogP contribution in [-0.2, 0) is 11.2 Å². The minimum Gasteiger partial charge on any atom is -0.326 e. The lowest BCUT2D eigenvalue weighted by atomic mass is 9.96. The largest absolute Gasteiger partial charge is 0.326 e. The van der Waals surface area contributed by atoms with E-state index in [4.69, 9.17) is 5.73 Å². The molecule has 2 N–H and O–H groups in total. The number of nitrogens with two attached hydrogens (primary N) is 1. The first kappa shape index (κ1) is 13.3. The summed E-state index contributed by atoms with van der Waals surface area (Å²) in [5.41, 5.74) is 6.50. The van der Waals surface area contributed by atoms with Gasteiger partial charge in [0.2, 0.25) is 0 Å². The Morgan fingerprint density at radius 2 is 2.19 bits per heavy atom. The van der Waals surface area contributed by atoms with Gasteiger partial charge < -0.3 is 5.73 Å². The smallest absolute Gasteiger partial charge is 0.137 e. The first-order valence-electron chi connectivity index (χ1n) is 5.27. The predicted octanol–water partition coefficient (Wildman–Crippen LogP) is 2.47. The second-order valence-corrected chi connectivity index (χ2v) is 5.63. The van der Waals surface area contributed by atoms with Gasteiger partial charge in [0.25, 0.3) is 0 Å². The molecular formula is C12H17BrN2O. The van der Waals surface area contributed by atoms with E-state index in [2.05, 4.69) is 20.9 Å². The fraction of sp³-hybridized carbons (Fsp3) is 0.500. The maximum Gasteiger partial charge on any atom is 0.137 e. The monoisotopic (exact) mass is 284 g/mol. The lowest BCUT2D eigenvalue weighted by Crippen LogP contribution is -2.32. The Hall–Kier alpha value is -0.740. The van der Waals surface area contributed by atoms with Gasteiger partial charge in [-0.2, -0.15) is 0 Å². The SMILES string of the molecule is CC(C)(N)CCC(=O)Cc1cncc(Br)c1. The van der Waals surface area contributed by atoms with E-state index in [1.165, 1.54) is 0 Å². The van der Waals surface area contributed by atoms with E-state index >= 15 is 0 Å². The average Bonchev–Trinajstić information content (AvgIpc) is 2.14. The van der Waals surface area contributed by atoms with Crippen LogP contribution in [0, 0.1) is 0 Å². The Kier molecular flexibility index (Phi) is 4.62. The fourth-order valence-electron chi connectivity index (χ4n) is 1.33. The maximum absolute atomic E-state index is 11.7. The minimum absolute atomic E-state index is 0.207. The molecular weight excluding hydrogens is 268 g/mol. The highest BCUT2D eigenvalue weighted by Gasteiger charge is 2.13. The molecule has 0 radical (unpaired) electrons. The third-order valence-corrected chi connectivity index (χ3v) is 2.64. The molecule has 0 atom stereocenters. The van der Waals surface area contributed by atoms with Crippen LogP contribution in [0.1, 0.15) is 32.3 Å². The van der Waals surface area contributed by atoms with Crippen molar-refractivity contribution < 1.29 is 4.79 Å². The number of carbonyl (C=O) groups excluding carboxylic acids is 1. The van der Waals surface area contributed by atoms with Crippen LogP contribution in [0.15, 0.2) is 22.9 Å². The number of hydrogen-bond acceptors (Lipinski definition) is 3. The summed E-state index contributed by atoms with van der Waals surface area (Å²) in [6, 6.07) is 1.92. The first-order valence-corrected chi connectivity index (χ1v) is 6.06. The van der Waals surface area contributed by atoms with Crippen molar-refractivity contribution in [2.45, 2.75) is 38.6 Å². The molecule has 4 heteroatoms. The number of hydrogen-bond donors (Lipinski definition) is 1. The summed E-state index contributed by atoms with van der Waals surface area (Å²) in [6.45, 7) is 3.86. The van der Waals surface area contributed by atoms with E-state index in [0.717, 1.165) is 10.0 Å². The van der Waals surface area contributed by atoms with Gasteiger partial charge >= 0.3 is 0 Å². The van der Waals surface area contributed by atoms with Crippen LogP contribution < -0.4 is 5.73 Å². The summed E-state index contributed by atoms with van der Waals surface area (Å²) in [7, 11) is 0. The zero-order chi connectivity index (χ0) is 12.2. The first-order chi connectivity index (χ1) is 7.37. The van der Waals surface area contributed by atoms with Gasteiger partial charge in [-0.1, -0.05) is 0 Å². The van der Waals surface area contributed by atoms with E-state index in [1.807, 2.05) is 19.9 Å². The van der Waals surface area contributed by atoms with E-state index in [0.29, 0.717) is 19.3 Å². The van der Waals surface area contributed by atoms with Gasteiger partial charge in [0, 0.05) is 35.2 Å². The minimum atomic E-state index is -0.273. The molecule has 0 amide bonds. The van der Waals surface area contributed by atoms with Crippen LogP contribution in [0.4, 0.5) is 0 Å². The fourth-order valence-corrected chi connectivity index (χ4v) is 1.74. The van der Waals surface area contributed by atoms with Crippen molar-refractivity contribution >= 4 is 21.7 Å². The number of carbonyl (C=O) groups is 1. The van der Waals surface area contributed by atoms with Gasteiger partial charge in [-0.15, -0.1) is 0 Å². The van der Waals surface area contributed by atoms with E-state index in [9.17, 15) is 4.79 Å². The van der Waals surface area contributed by atoms with Crippen LogP contribution in [-0.4, -0.2) is 16.3 Å². The van der Waals surface area contributed by atoms with Gasteiger partial charge in [-0.25, -0.2) is 0 Å². The molecule has 0 spiro atoms. The number of ketones is 1. The normalized spacial score (nSPS) is 11.5. The molecule has 0 fully saturated rings. The summed E-state index contributed by atoms with van der Waals surface area (Å²) < 4.78 is 0.900. The molecule has 1 aromatic rings. The summed E-state index contributed by atoms with van der Waals surface area (Å²) in [5, 5.41) is 0. The summed E-state index contributed by atoms with van der Waals surface area (Å²) in [5.74, 6) is 0.207. The zero-order valence-electron chi connectivity index (χ0n) is 9.66. The van der Waals surface area contributed by atoms with Crippen molar-refractivity contribution in [3.8, 4) is 0 Å². The summed E-state index contributed by atoms with van der Waals surface area (Å²) in [6.07, 6.45) is 5.10. The molecule has 0 saturated heterocycles. The lowest BCUT2D eigenvalue weighted by molar-refractivity contribution is -0.118. The molecule has 0 aliphatic rings. The number of Topliss-reactive ketones (excluding diaryl/α,β-unsaturated/α-hetero) is 1. The van der Waals surface area contributed by atoms with Crippen molar-refractivity contribution in [2.24, 2.45) is 5.73 Å². The molecule has 0 bridgehead atoms. The number of aromatic nitrogens is 1. The number of pyridine rings is 1. The molecule has 3 nitrogen and oxygen atoms in total. The molecule has 0 aliphatic heterocycles. The molecule has 88 valence electrons. The van der Waals surface area contributed by atoms with Gasteiger partial charge in [0.15, 0.2) is 0 Å². The Morgan fingerprint density at radius 3 is 2.75 bits per heavy atom. The number of halogens is 1. The van der Waals surface area contributed by atoms with E-state index in [-0.39, 0.29) is 11.3 Å². The Balaban J connectivity index is 2.46. The molecule has 0 unspecified atom stereocenters. The van der Waals surface area contributed by atoms with Crippen LogP contribution >= 0.6 is 15.9 Å². The maximum atomic E-state index is 11.7. The zero-order valence-corrected chi connectivity index (χ0v) is 11.3. The van der Waals surface area contributed by atoms with Gasteiger partial charge in [-0.05, 0) is 47.8 Å². The second kappa shape index (κ2) is 5.55. The quantitative estimate of drug-likeness (QED) is 0.904. The standard InChI is InChI=1S/C12H17BrN2O/c1-12(2,14)4-3-11(16)6-9-5-10(13)8-15-7-9/h5,7-8H,3-4,6,14H2,1-2H3. The third-order valence-electron chi connectivity index (χ3n) is 2.21. The van der Waals surface area contributed by atoms with Crippen molar-refractivity contribution in [3.05, 3.63) is 28.5 Å². The molecule has 16 heavy (non-hydrogen) atoms. The average molecular weight is 285 g/mol.